The summed E-state index contributed by atoms with van der Waals surface area (Å²) in [4.78, 5) is 29.2. The maximum absolute atomic E-state index is 12.7. The van der Waals surface area contributed by atoms with E-state index in [9.17, 15) is 30.3 Å². The molecule has 2 aromatic rings. The highest BCUT2D eigenvalue weighted by atomic mass is 17.2. The van der Waals surface area contributed by atoms with Crippen molar-refractivity contribution in [1.82, 2.24) is 0 Å². The van der Waals surface area contributed by atoms with E-state index in [0.29, 0.717) is 35.4 Å². The molecule has 4 aliphatic rings. The Morgan fingerprint density at radius 1 is 1.20 bits per heavy atom. The quantitative estimate of drug-likeness (QED) is 0.148. The van der Waals surface area contributed by atoms with E-state index in [1.54, 1.807) is 31.3 Å². The summed E-state index contributed by atoms with van der Waals surface area (Å²) in [5.74, 6) is 1.29. The molecule has 7 unspecified atom stereocenters. The summed E-state index contributed by atoms with van der Waals surface area (Å²) in [6, 6.07) is 4.95. The molecule has 12 heteroatoms. The first-order valence-electron chi connectivity index (χ1n) is 15.3. The fraction of sp³-hybridized carbons (Fsp3) is 0.562. The first kappa shape index (κ1) is 31.1. The predicted molar refractivity (Wildman–Crippen MR) is 158 cm³/mol. The lowest BCUT2D eigenvalue weighted by Crippen LogP contribution is -3.11. The standard InChI is InChI=1S/C32H40N2O10/c1-18-11-24(36)21-12-19-13-29(31(2,20-5-3-4-6-20)43-26(19)14-27(21)42-18)44-41-16-28(38)32(40,30(39)25(37)15-35)17-34-10-8-22-23(34)7-9-33-22/h7-9,11-12,14,20,25,28-30,35,37-40H,3-6,10,13,15-17H2,1-2H3/p+1. The topological polar surface area (TPSA) is 176 Å². The molecule has 6 rings (SSSR count). The number of fused-ring (bicyclic) bond motifs is 3. The van der Waals surface area contributed by atoms with Gasteiger partial charge in [-0.1, -0.05) is 12.8 Å². The maximum Gasteiger partial charge on any atom is 0.192 e. The predicted octanol–water partition coefficient (Wildman–Crippen LogP) is -0.141. The molecule has 1 aromatic heterocycles. The SMILES string of the molecule is Cc1cc(=O)c2cc3c(cc2o1)OC(C)(C1CCCC1)C(OOCC(O)C(O)(C[NH+]1CC=C2N=CC=C21)C(O)C(O)CO)C3. The largest absolute Gasteiger partial charge is 0.484 e. The number of aliphatic hydroxyl groups is 5. The molecular weight excluding hydrogens is 572 g/mol. The molecule has 0 amide bonds. The fourth-order valence-corrected chi connectivity index (χ4v) is 7.11. The molecule has 0 saturated heterocycles. The van der Waals surface area contributed by atoms with Gasteiger partial charge in [0, 0.05) is 42.8 Å². The molecule has 3 aliphatic heterocycles. The van der Waals surface area contributed by atoms with Gasteiger partial charge in [-0.05, 0) is 38.3 Å². The van der Waals surface area contributed by atoms with Crippen molar-refractivity contribution in [3.05, 3.63) is 63.3 Å². The minimum absolute atomic E-state index is 0.155. The number of hydrogen-bond donors (Lipinski definition) is 6. The van der Waals surface area contributed by atoms with Crippen LogP contribution in [0.25, 0.3) is 11.0 Å². The Labute approximate surface area is 254 Å². The summed E-state index contributed by atoms with van der Waals surface area (Å²) >= 11 is 0. The summed E-state index contributed by atoms with van der Waals surface area (Å²) in [7, 11) is 0. The molecule has 0 radical (unpaired) electrons. The van der Waals surface area contributed by atoms with Crippen molar-refractivity contribution in [3.8, 4) is 5.75 Å². The monoisotopic (exact) mass is 613 g/mol. The summed E-state index contributed by atoms with van der Waals surface area (Å²) in [6.07, 6.45) is 3.73. The minimum atomic E-state index is -2.27. The molecule has 6 N–H and O–H groups in total. The number of rotatable bonds is 11. The molecule has 44 heavy (non-hydrogen) atoms. The third-order valence-corrected chi connectivity index (χ3v) is 9.77. The van der Waals surface area contributed by atoms with E-state index in [2.05, 4.69) is 4.99 Å². The van der Waals surface area contributed by atoms with Gasteiger partial charge in [0.05, 0.1) is 12.0 Å². The molecule has 0 spiro atoms. The second kappa shape index (κ2) is 12.1. The zero-order valence-electron chi connectivity index (χ0n) is 24.9. The summed E-state index contributed by atoms with van der Waals surface area (Å²) in [5.41, 5.74) is -0.484. The van der Waals surface area contributed by atoms with Crippen LogP contribution in [0, 0.1) is 12.8 Å². The Hall–Kier alpha value is -2.94. The average molecular weight is 614 g/mol. The fourth-order valence-electron chi connectivity index (χ4n) is 7.11. The number of benzene rings is 1. The molecule has 4 heterocycles. The van der Waals surface area contributed by atoms with Gasteiger partial charge in [-0.15, -0.1) is 0 Å². The van der Waals surface area contributed by atoms with Gasteiger partial charge in [0.1, 0.15) is 72.5 Å². The molecule has 0 bridgehead atoms. The Morgan fingerprint density at radius 2 is 1.98 bits per heavy atom. The molecule has 12 nitrogen and oxygen atoms in total. The molecule has 1 fully saturated rings. The van der Waals surface area contributed by atoms with E-state index < -0.39 is 48.8 Å². The minimum Gasteiger partial charge on any atom is -0.484 e. The number of ether oxygens (including phenoxy) is 1. The van der Waals surface area contributed by atoms with Crippen LogP contribution in [-0.2, 0) is 16.2 Å². The van der Waals surface area contributed by atoms with Gasteiger partial charge < -0.3 is 34.7 Å². The Kier molecular flexibility index (Phi) is 8.54. The van der Waals surface area contributed by atoms with E-state index in [4.69, 9.17) is 18.9 Å². The molecule has 1 saturated carbocycles. The number of aliphatic imine (C=N–C) groups is 1. The lowest BCUT2D eigenvalue weighted by Gasteiger charge is -2.45. The van der Waals surface area contributed by atoms with Crippen LogP contribution in [0.4, 0.5) is 0 Å². The third-order valence-electron chi connectivity index (χ3n) is 9.77. The van der Waals surface area contributed by atoms with Crippen molar-refractivity contribution in [3.63, 3.8) is 0 Å². The number of allylic oxidation sites excluding steroid dienone is 1. The van der Waals surface area contributed by atoms with E-state index in [-0.39, 0.29) is 17.9 Å². The van der Waals surface area contributed by atoms with Gasteiger partial charge in [0.2, 0.25) is 0 Å². The van der Waals surface area contributed by atoms with Gasteiger partial charge in [0.15, 0.2) is 16.7 Å². The number of nitrogens with one attached hydrogen (secondary N) is 1. The van der Waals surface area contributed by atoms with Crippen molar-refractivity contribution >= 4 is 17.2 Å². The number of quaternary nitrogens is 1. The lowest BCUT2D eigenvalue weighted by atomic mass is 9.78. The van der Waals surface area contributed by atoms with E-state index in [1.165, 1.54) is 6.07 Å². The number of aliphatic hydroxyl groups excluding tert-OH is 4. The second-order valence-electron chi connectivity index (χ2n) is 12.7. The maximum atomic E-state index is 12.7. The van der Waals surface area contributed by atoms with Crippen LogP contribution < -0.4 is 15.1 Å². The summed E-state index contributed by atoms with van der Waals surface area (Å²) in [5, 5.41) is 53.9. The van der Waals surface area contributed by atoms with Crippen molar-refractivity contribution in [2.45, 2.75) is 81.6 Å². The van der Waals surface area contributed by atoms with Crippen LogP contribution in [0.1, 0.15) is 43.9 Å². The molecule has 238 valence electrons. The number of nitrogens with zero attached hydrogens (tertiary/aromatic N) is 1. The van der Waals surface area contributed by atoms with Crippen molar-refractivity contribution in [2.24, 2.45) is 10.9 Å². The highest BCUT2D eigenvalue weighted by molar-refractivity contribution is 5.80. The first-order chi connectivity index (χ1) is 21.0. The van der Waals surface area contributed by atoms with Crippen LogP contribution in [0.3, 0.4) is 0 Å². The second-order valence-corrected chi connectivity index (χ2v) is 12.7. The summed E-state index contributed by atoms with van der Waals surface area (Å²) in [6.45, 7) is 2.61. The zero-order chi connectivity index (χ0) is 31.2. The van der Waals surface area contributed by atoms with Crippen LogP contribution in [0.2, 0.25) is 0 Å². The third kappa shape index (κ3) is 5.54. The van der Waals surface area contributed by atoms with Gasteiger partial charge in [-0.2, -0.15) is 0 Å². The summed E-state index contributed by atoms with van der Waals surface area (Å²) < 4.78 is 12.4. The first-order valence-corrected chi connectivity index (χ1v) is 15.3. The van der Waals surface area contributed by atoms with E-state index >= 15 is 0 Å². The highest BCUT2D eigenvalue weighted by Crippen LogP contribution is 2.45. The lowest BCUT2D eigenvalue weighted by molar-refractivity contribution is -0.856. The van der Waals surface area contributed by atoms with E-state index in [0.717, 1.165) is 47.5 Å². The molecule has 7 atom stereocenters. The molecule has 1 aliphatic carbocycles. The average Bonchev–Trinajstić information content (AvgIpc) is 3.77. The van der Waals surface area contributed by atoms with Crippen LogP contribution >= 0.6 is 0 Å². The Bertz CT molecular complexity index is 1550. The van der Waals surface area contributed by atoms with Crippen molar-refractivity contribution < 1.29 is 49.4 Å². The van der Waals surface area contributed by atoms with E-state index in [1.807, 2.05) is 13.0 Å². The molecular formula is C32H41N2O10+. The smallest absolute Gasteiger partial charge is 0.192 e. The molecule has 1 aromatic carbocycles. The van der Waals surface area contributed by atoms with Crippen molar-refractivity contribution in [1.29, 1.82) is 0 Å². The van der Waals surface area contributed by atoms with Gasteiger partial charge in [-0.3, -0.25) is 14.7 Å². The van der Waals surface area contributed by atoms with Crippen molar-refractivity contribution in [2.75, 3.05) is 26.3 Å². The Morgan fingerprint density at radius 3 is 2.73 bits per heavy atom. The van der Waals surface area contributed by atoms with Gasteiger partial charge in [0.25, 0.3) is 0 Å². The van der Waals surface area contributed by atoms with Crippen LogP contribution in [0.15, 0.2) is 55.9 Å². The zero-order valence-corrected chi connectivity index (χ0v) is 24.9. The number of hydrogen-bond acceptors (Lipinski definition) is 11. The number of aryl methyl sites for hydroxylation is 1. The van der Waals surface area contributed by atoms with Gasteiger partial charge in [-0.25, -0.2) is 9.78 Å². The van der Waals surface area contributed by atoms with Gasteiger partial charge >= 0.3 is 0 Å². The Balaban J connectivity index is 1.21. The van der Waals surface area contributed by atoms with Crippen LogP contribution in [-0.4, -0.2) is 93.7 Å². The highest BCUT2D eigenvalue weighted by Gasteiger charge is 2.52. The normalized spacial score (nSPS) is 28.2. The van der Waals surface area contributed by atoms with Crippen LogP contribution in [0.5, 0.6) is 5.75 Å².